The Bertz CT molecular complexity index is 802. The topological polar surface area (TPSA) is 49.4 Å². The molecule has 23 heavy (non-hydrogen) atoms. The molecule has 1 N–H and O–H groups in total. The molecule has 118 valence electrons. The Morgan fingerprint density at radius 2 is 2.00 bits per heavy atom. The fraction of sp³-hybridized carbons (Fsp3) is 0.222. The molecular weight excluding hydrogens is 312 g/mol. The molecule has 0 saturated heterocycles. The van der Waals surface area contributed by atoms with Crippen LogP contribution in [-0.4, -0.2) is 18.4 Å². The van der Waals surface area contributed by atoms with E-state index in [9.17, 15) is 9.59 Å². The molecular formula is C18H17ClN2O2. The van der Waals surface area contributed by atoms with Crippen molar-refractivity contribution in [3.63, 3.8) is 0 Å². The number of carbonyl (C=O) groups is 2. The fourth-order valence-corrected chi connectivity index (χ4v) is 2.98. The van der Waals surface area contributed by atoms with Crippen LogP contribution in [0.25, 0.3) is 0 Å². The van der Waals surface area contributed by atoms with Crippen molar-refractivity contribution in [3.8, 4) is 0 Å². The summed E-state index contributed by atoms with van der Waals surface area (Å²) >= 11 is 6.08. The number of halogens is 1. The van der Waals surface area contributed by atoms with Crippen molar-refractivity contribution in [2.45, 2.75) is 20.3 Å². The number of nitrogens with zero attached hydrogens (tertiary/aromatic N) is 1. The number of hydrogen-bond acceptors (Lipinski definition) is 2. The first-order chi connectivity index (χ1) is 11.0. The molecule has 0 radical (unpaired) electrons. The number of amides is 2. The van der Waals surface area contributed by atoms with E-state index in [0.29, 0.717) is 22.8 Å². The van der Waals surface area contributed by atoms with Gasteiger partial charge in [0, 0.05) is 35.4 Å². The first kappa shape index (κ1) is 15.6. The number of nitrogens with one attached hydrogen (secondary N) is 1. The van der Waals surface area contributed by atoms with Crippen LogP contribution in [0.2, 0.25) is 5.02 Å². The standard InChI is InChI=1S/C18H17ClN2O2/c1-11-15(19)4-3-5-16(11)20-18(23)14-6-7-17-13(10-14)8-9-21(17)12(2)22/h3-7,10H,8-9H2,1-2H3,(H,20,23). The van der Waals surface area contributed by atoms with Crippen LogP contribution in [0.3, 0.4) is 0 Å². The molecule has 1 aliphatic rings. The molecule has 0 aliphatic carbocycles. The summed E-state index contributed by atoms with van der Waals surface area (Å²) in [4.78, 5) is 25.8. The highest BCUT2D eigenvalue weighted by molar-refractivity contribution is 6.31. The summed E-state index contributed by atoms with van der Waals surface area (Å²) in [5, 5.41) is 3.51. The number of anilines is 2. The number of hydrogen-bond donors (Lipinski definition) is 1. The zero-order valence-electron chi connectivity index (χ0n) is 13.0. The monoisotopic (exact) mass is 328 g/mol. The van der Waals surface area contributed by atoms with Gasteiger partial charge in [-0.2, -0.15) is 0 Å². The maximum Gasteiger partial charge on any atom is 0.255 e. The predicted molar refractivity (Wildman–Crippen MR) is 92.3 cm³/mol. The normalized spacial score (nSPS) is 12.9. The van der Waals surface area contributed by atoms with Gasteiger partial charge in [-0.05, 0) is 54.8 Å². The van der Waals surface area contributed by atoms with Crippen molar-refractivity contribution in [2.24, 2.45) is 0 Å². The second-order valence-corrected chi connectivity index (χ2v) is 6.04. The number of rotatable bonds is 2. The molecule has 1 aliphatic heterocycles. The lowest BCUT2D eigenvalue weighted by atomic mass is 10.1. The quantitative estimate of drug-likeness (QED) is 0.911. The summed E-state index contributed by atoms with van der Waals surface area (Å²) in [6.45, 7) is 4.09. The van der Waals surface area contributed by atoms with Gasteiger partial charge in [0.15, 0.2) is 0 Å². The Morgan fingerprint density at radius 3 is 2.74 bits per heavy atom. The van der Waals surface area contributed by atoms with Gasteiger partial charge >= 0.3 is 0 Å². The average Bonchev–Trinajstić information content (AvgIpc) is 2.95. The number of benzene rings is 2. The summed E-state index contributed by atoms with van der Waals surface area (Å²) in [5.74, 6) is -0.157. The van der Waals surface area contributed by atoms with Crippen LogP contribution in [0.15, 0.2) is 36.4 Å². The van der Waals surface area contributed by atoms with E-state index in [4.69, 9.17) is 11.6 Å². The van der Waals surface area contributed by atoms with E-state index in [-0.39, 0.29) is 11.8 Å². The third kappa shape index (κ3) is 2.94. The summed E-state index contributed by atoms with van der Waals surface area (Å²) < 4.78 is 0. The van der Waals surface area contributed by atoms with Crippen molar-refractivity contribution >= 4 is 34.8 Å². The largest absolute Gasteiger partial charge is 0.322 e. The molecule has 0 atom stereocenters. The average molecular weight is 329 g/mol. The van der Waals surface area contributed by atoms with E-state index in [1.807, 2.05) is 25.1 Å². The van der Waals surface area contributed by atoms with E-state index in [1.165, 1.54) is 0 Å². The number of carbonyl (C=O) groups excluding carboxylic acids is 2. The van der Waals surface area contributed by atoms with Crippen molar-refractivity contribution in [1.82, 2.24) is 0 Å². The molecule has 3 rings (SSSR count). The van der Waals surface area contributed by atoms with Gasteiger partial charge in [0.2, 0.25) is 5.91 Å². The summed E-state index contributed by atoms with van der Waals surface area (Å²) in [7, 11) is 0. The molecule has 2 aromatic carbocycles. The summed E-state index contributed by atoms with van der Waals surface area (Å²) in [6, 6.07) is 10.9. The Labute approximate surface area is 140 Å². The minimum Gasteiger partial charge on any atom is -0.322 e. The molecule has 0 unspecified atom stereocenters. The molecule has 0 saturated carbocycles. The van der Waals surface area contributed by atoms with Crippen molar-refractivity contribution in [1.29, 1.82) is 0 Å². The van der Waals surface area contributed by atoms with Crippen LogP contribution >= 0.6 is 11.6 Å². The van der Waals surface area contributed by atoms with Crippen LogP contribution in [0.5, 0.6) is 0 Å². The lowest BCUT2D eigenvalue weighted by Crippen LogP contribution is -2.25. The van der Waals surface area contributed by atoms with E-state index >= 15 is 0 Å². The van der Waals surface area contributed by atoms with Crippen molar-refractivity contribution in [3.05, 3.63) is 58.1 Å². The third-order valence-electron chi connectivity index (χ3n) is 4.13. The van der Waals surface area contributed by atoms with Crippen molar-refractivity contribution in [2.75, 3.05) is 16.8 Å². The summed E-state index contributed by atoms with van der Waals surface area (Å²) in [5.41, 5.74) is 4.04. The van der Waals surface area contributed by atoms with Gasteiger partial charge in [0.1, 0.15) is 0 Å². The van der Waals surface area contributed by atoms with Crippen molar-refractivity contribution < 1.29 is 9.59 Å². The van der Waals surface area contributed by atoms with Crippen LogP contribution < -0.4 is 10.2 Å². The second-order valence-electron chi connectivity index (χ2n) is 5.63. The molecule has 0 fully saturated rings. The Morgan fingerprint density at radius 1 is 1.22 bits per heavy atom. The molecule has 2 aromatic rings. The number of fused-ring (bicyclic) bond motifs is 1. The minimum absolute atomic E-state index is 0.0236. The van der Waals surface area contributed by atoms with Crippen LogP contribution in [-0.2, 0) is 11.2 Å². The molecule has 5 heteroatoms. The highest BCUT2D eigenvalue weighted by Crippen LogP contribution is 2.29. The molecule has 2 amide bonds. The zero-order chi connectivity index (χ0) is 16.6. The van der Waals surface area contributed by atoms with Gasteiger partial charge in [-0.15, -0.1) is 0 Å². The van der Waals surface area contributed by atoms with Gasteiger partial charge in [0.05, 0.1) is 0 Å². The Balaban J connectivity index is 1.84. The molecule has 0 spiro atoms. The Kier molecular flexibility index (Phi) is 4.09. The van der Waals surface area contributed by atoms with Gasteiger partial charge in [-0.25, -0.2) is 0 Å². The fourth-order valence-electron chi connectivity index (χ4n) is 2.81. The minimum atomic E-state index is -0.181. The first-order valence-electron chi connectivity index (χ1n) is 7.45. The summed E-state index contributed by atoms with van der Waals surface area (Å²) in [6.07, 6.45) is 0.770. The van der Waals surface area contributed by atoms with E-state index in [0.717, 1.165) is 23.2 Å². The van der Waals surface area contributed by atoms with Crippen LogP contribution in [0.4, 0.5) is 11.4 Å². The van der Waals surface area contributed by atoms with E-state index in [2.05, 4.69) is 5.32 Å². The van der Waals surface area contributed by atoms with Crippen LogP contribution in [0, 0.1) is 6.92 Å². The molecule has 1 heterocycles. The first-order valence-corrected chi connectivity index (χ1v) is 7.82. The highest BCUT2D eigenvalue weighted by Gasteiger charge is 2.23. The smallest absolute Gasteiger partial charge is 0.255 e. The predicted octanol–water partition coefficient (Wildman–Crippen LogP) is 3.81. The van der Waals surface area contributed by atoms with Gasteiger partial charge < -0.3 is 10.2 Å². The van der Waals surface area contributed by atoms with E-state index in [1.54, 1.807) is 30.0 Å². The van der Waals surface area contributed by atoms with Gasteiger partial charge in [0.25, 0.3) is 5.91 Å². The lowest BCUT2D eigenvalue weighted by Gasteiger charge is -2.15. The second kappa shape index (κ2) is 6.05. The molecule has 0 aromatic heterocycles. The molecule has 0 bridgehead atoms. The molecule has 4 nitrogen and oxygen atoms in total. The third-order valence-corrected chi connectivity index (χ3v) is 4.54. The highest BCUT2D eigenvalue weighted by atomic mass is 35.5. The Hall–Kier alpha value is -2.33. The maximum absolute atomic E-state index is 12.5. The van der Waals surface area contributed by atoms with Gasteiger partial charge in [-0.1, -0.05) is 17.7 Å². The zero-order valence-corrected chi connectivity index (χ0v) is 13.8. The SMILES string of the molecule is CC(=O)N1CCc2cc(C(=O)Nc3cccc(Cl)c3C)ccc21. The van der Waals surface area contributed by atoms with Crippen LogP contribution in [0.1, 0.15) is 28.4 Å². The lowest BCUT2D eigenvalue weighted by molar-refractivity contribution is -0.116. The van der Waals surface area contributed by atoms with Gasteiger partial charge in [-0.3, -0.25) is 9.59 Å². The maximum atomic E-state index is 12.5. The van der Waals surface area contributed by atoms with E-state index < -0.39 is 0 Å².